The highest BCUT2D eigenvalue weighted by atomic mass is 16.3. The van der Waals surface area contributed by atoms with Crippen LogP contribution in [0.4, 0.5) is 11.6 Å². The first-order valence-corrected chi connectivity index (χ1v) is 4.62. The summed E-state index contributed by atoms with van der Waals surface area (Å²) in [5, 5.41) is 12.0. The highest BCUT2D eigenvalue weighted by molar-refractivity contribution is 5.53. The molecule has 0 aliphatic heterocycles. The first-order chi connectivity index (χ1) is 7.38. The van der Waals surface area contributed by atoms with E-state index < -0.39 is 0 Å². The zero-order valence-electron chi connectivity index (χ0n) is 8.09. The third kappa shape index (κ3) is 2.51. The standard InChI is InChI=1S/C11H11N3O/c15-8-9-3-1-4-10(7-9)14-11-12-5-2-6-13-11/h1-7,15H,8H2,(H,12,13,14). The summed E-state index contributed by atoms with van der Waals surface area (Å²) in [4.78, 5) is 8.09. The molecule has 2 rings (SSSR count). The molecule has 2 N–H and O–H groups in total. The van der Waals surface area contributed by atoms with Gasteiger partial charge < -0.3 is 10.4 Å². The number of hydrogen-bond acceptors (Lipinski definition) is 4. The molecule has 1 aromatic heterocycles. The Balaban J connectivity index is 2.17. The summed E-state index contributed by atoms with van der Waals surface area (Å²) in [5.74, 6) is 0.549. The van der Waals surface area contributed by atoms with E-state index in [1.54, 1.807) is 18.5 Å². The fraction of sp³-hybridized carbons (Fsp3) is 0.0909. The third-order valence-corrected chi connectivity index (χ3v) is 1.93. The fourth-order valence-corrected chi connectivity index (χ4v) is 1.24. The molecule has 0 saturated heterocycles. The molecule has 0 radical (unpaired) electrons. The minimum absolute atomic E-state index is 0.0329. The van der Waals surface area contributed by atoms with Crippen molar-refractivity contribution in [1.82, 2.24) is 9.97 Å². The normalized spacial score (nSPS) is 9.93. The van der Waals surface area contributed by atoms with Gasteiger partial charge in [-0.2, -0.15) is 0 Å². The van der Waals surface area contributed by atoms with Gasteiger partial charge in [-0.15, -0.1) is 0 Å². The summed E-state index contributed by atoms with van der Waals surface area (Å²) >= 11 is 0. The van der Waals surface area contributed by atoms with E-state index in [4.69, 9.17) is 5.11 Å². The van der Waals surface area contributed by atoms with Crippen molar-refractivity contribution >= 4 is 11.6 Å². The van der Waals surface area contributed by atoms with Crippen LogP contribution in [0.3, 0.4) is 0 Å². The van der Waals surface area contributed by atoms with Gasteiger partial charge in [-0.25, -0.2) is 9.97 Å². The van der Waals surface area contributed by atoms with Crippen molar-refractivity contribution in [3.05, 3.63) is 48.3 Å². The predicted octanol–water partition coefficient (Wildman–Crippen LogP) is 1.71. The van der Waals surface area contributed by atoms with Gasteiger partial charge in [0.15, 0.2) is 0 Å². The van der Waals surface area contributed by atoms with Crippen LogP contribution >= 0.6 is 0 Å². The van der Waals surface area contributed by atoms with Crippen molar-refractivity contribution in [1.29, 1.82) is 0 Å². The van der Waals surface area contributed by atoms with Gasteiger partial charge in [0.05, 0.1) is 6.61 Å². The van der Waals surface area contributed by atoms with E-state index in [0.29, 0.717) is 5.95 Å². The lowest BCUT2D eigenvalue weighted by atomic mass is 10.2. The number of rotatable bonds is 3. The van der Waals surface area contributed by atoms with Crippen molar-refractivity contribution < 1.29 is 5.11 Å². The molecular weight excluding hydrogens is 190 g/mol. The lowest BCUT2D eigenvalue weighted by Gasteiger charge is -2.04. The van der Waals surface area contributed by atoms with Gasteiger partial charge in [-0.1, -0.05) is 12.1 Å². The minimum atomic E-state index is 0.0329. The molecular formula is C11H11N3O. The van der Waals surface area contributed by atoms with E-state index >= 15 is 0 Å². The second kappa shape index (κ2) is 4.52. The number of nitrogens with one attached hydrogen (secondary N) is 1. The molecule has 15 heavy (non-hydrogen) atoms. The average molecular weight is 201 g/mol. The number of aliphatic hydroxyl groups excluding tert-OH is 1. The molecule has 1 aromatic carbocycles. The van der Waals surface area contributed by atoms with E-state index in [1.165, 1.54) is 0 Å². The maximum Gasteiger partial charge on any atom is 0.227 e. The summed E-state index contributed by atoms with van der Waals surface area (Å²) in [6.45, 7) is 0.0329. The van der Waals surface area contributed by atoms with Gasteiger partial charge in [0.25, 0.3) is 0 Å². The van der Waals surface area contributed by atoms with Gasteiger partial charge in [0.2, 0.25) is 5.95 Å². The Labute approximate surface area is 87.6 Å². The molecule has 0 amide bonds. The Bertz CT molecular complexity index is 431. The first-order valence-electron chi connectivity index (χ1n) is 4.62. The number of hydrogen-bond donors (Lipinski definition) is 2. The third-order valence-electron chi connectivity index (χ3n) is 1.93. The van der Waals surface area contributed by atoms with Crippen LogP contribution in [0.5, 0.6) is 0 Å². The van der Waals surface area contributed by atoms with Crippen LogP contribution < -0.4 is 5.32 Å². The van der Waals surface area contributed by atoms with Crippen molar-refractivity contribution in [3.8, 4) is 0 Å². The Hall–Kier alpha value is -1.94. The van der Waals surface area contributed by atoms with E-state index in [9.17, 15) is 0 Å². The molecule has 0 saturated carbocycles. The molecule has 2 aromatic rings. The summed E-state index contributed by atoms with van der Waals surface area (Å²) in [6, 6.07) is 9.25. The molecule has 0 aliphatic rings. The van der Waals surface area contributed by atoms with Gasteiger partial charge in [-0.05, 0) is 23.8 Å². The van der Waals surface area contributed by atoms with Crippen molar-refractivity contribution in [2.45, 2.75) is 6.61 Å². The van der Waals surface area contributed by atoms with Crippen LogP contribution in [0.1, 0.15) is 5.56 Å². The van der Waals surface area contributed by atoms with E-state index in [-0.39, 0.29) is 6.61 Å². The molecule has 0 atom stereocenters. The fourth-order valence-electron chi connectivity index (χ4n) is 1.24. The summed E-state index contributed by atoms with van der Waals surface area (Å²) in [6.07, 6.45) is 3.34. The Morgan fingerprint density at radius 1 is 1.13 bits per heavy atom. The molecule has 4 nitrogen and oxygen atoms in total. The largest absolute Gasteiger partial charge is 0.392 e. The lowest BCUT2D eigenvalue weighted by Crippen LogP contribution is -1.96. The van der Waals surface area contributed by atoms with Crippen LogP contribution in [0, 0.1) is 0 Å². The van der Waals surface area contributed by atoms with Crippen molar-refractivity contribution in [2.24, 2.45) is 0 Å². The van der Waals surface area contributed by atoms with Crippen LogP contribution in [0.2, 0.25) is 0 Å². The monoisotopic (exact) mass is 201 g/mol. The number of aliphatic hydroxyl groups is 1. The highest BCUT2D eigenvalue weighted by Gasteiger charge is 1.96. The van der Waals surface area contributed by atoms with Gasteiger partial charge >= 0.3 is 0 Å². The number of benzene rings is 1. The smallest absolute Gasteiger partial charge is 0.227 e. The van der Waals surface area contributed by atoms with Crippen LogP contribution in [-0.2, 0) is 6.61 Å². The summed E-state index contributed by atoms with van der Waals surface area (Å²) in [7, 11) is 0. The van der Waals surface area contributed by atoms with E-state index in [0.717, 1.165) is 11.3 Å². The number of anilines is 2. The van der Waals surface area contributed by atoms with Crippen LogP contribution in [-0.4, -0.2) is 15.1 Å². The second-order valence-electron chi connectivity index (χ2n) is 3.06. The van der Waals surface area contributed by atoms with Gasteiger partial charge in [0.1, 0.15) is 0 Å². The molecule has 0 bridgehead atoms. The van der Waals surface area contributed by atoms with Crippen LogP contribution in [0.25, 0.3) is 0 Å². The van der Waals surface area contributed by atoms with E-state index in [2.05, 4.69) is 15.3 Å². The molecule has 0 unspecified atom stereocenters. The Morgan fingerprint density at radius 3 is 2.67 bits per heavy atom. The number of aromatic nitrogens is 2. The van der Waals surface area contributed by atoms with Gasteiger partial charge in [0, 0.05) is 18.1 Å². The first kappa shape index (κ1) is 9.61. The Kier molecular flexibility index (Phi) is 2.90. The average Bonchev–Trinajstić information content (AvgIpc) is 2.31. The molecule has 4 heteroatoms. The second-order valence-corrected chi connectivity index (χ2v) is 3.06. The maximum atomic E-state index is 8.97. The molecule has 76 valence electrons. The van der Waals surface area contributed by atoms with Crippen molar-refractivity contribution in [2.75, 3.05) is 5.32 Å². The van der Waals surface area contributed by atoms with Crippen molar-refractivity contribution in [3.63, 3.8) is 0 Å². The Morgan fingerprint density at radius 2 is 1.93 bits per heavy atom. The minimum Gasteiger partial charge on any atom is -0.392 e. The van der Waals surface area contributed by atoms with Gasteiger partial charge in [-0.3, -0.25) is 0 Å². The van der Waals surface area contributed by atoms with Crippen LogP contribution in [0.15, 0.2) is 42.7 Å². The maximum absolute atomic E-state index is 8.97. The summed E-state index contributed by atoms with van der Waals surface area (Å²) in [5.41, 5.74) is 1.73. The molecule has 1 heterocycles. The van der Waals surface area contributed by atoms with E-state index in [1.807, 2.05) is 24.3 Å². The molecule has 0 spiro atoms. The quantitative estimate of drug-likeness (QED) is 0.793. The highest BCUT2D eigenvalue weighted by Crippen LogP contribution is 2.13. The zero-order valence-corrected chi connectivity index (χ0v) is 8.09. The summed E-state index contributed by atoms with van der Waals surface area (Å²) < 4.78 is 0. The number of nitrogens with zero attached hydrogens (tertiary/aromatic N) is 2. The molecule has 0 aliphatic carbocycles. The SMILES string of the molecule is OCc1cccc(Nc2ncccn2)c1. The topological polar surface area (TPSA) is 58.0 Å². The zero-order chi connectivity index (χ0) is 10.5. The predicted molar refractivity (Wildman–Crippen MR) is 57.7 cm³/mol. The molecule has 0 fully saturated rings. The lowest BCUT2D eigenvalue weighted by molar-refractivity contribution is 0.282.